The van der Waals surface area contributed by atoms with Crippen molar-refractivity contribution in [1.82, 2.24) is 10.3 Å². The fraction of sp³-hybridized carbons (Fsp3) is 0. The topological polar surface area (TPSA) is 76.1 Å². The Balaban J connectivity index is 2.01. The van der Waals surface area contributed by atoms with Gasteiger partial charge in [-0.15, -0.1) is 0 Å². The molecule has 20 heavy (non-hydrogen) atoms. The van der Waals surface area contributed by atoms with E-state index in [0.29, 0.717) is 29.3 Å². The number of nitrogens with zero attached hydrogens (tertiary/aromatic N) is 1. The molecule has 0 bridgehead atoms. The first kappa shape index (κ1) is 12.6. The average molecular weight is 284 g/mol. The maximum Gasteiger partial charge on any atom is 0.291 e. The minimum Gasteiger partial charge on any atom is -0.313 e. The summed E-state index contributed by atoms with van der Waals surface area (Å²) >= 11 is 0.648. The Kier molecular flexibility index (Phi) is 3.08. The molecule has 0 aliphatic carbocycles. The third-order valence-electron chi connectivity index (χ3n) is 2.81. The van der Waals surface area contributed by atoms with Gasteiger partial charge in [-0.1, -0.05) is 12.1 Å². The van der Waals surface area contributed by atoms with Crippen LogP contribution in [0, 0.1) is 0 Å². The van der Waals surface area contributed by atoms with Gasteiger partial charge in [0.1, 0.15) is 5.69 Å². The van der Waals surface area contributed by atoms with Gasteiger partial charge in [0.15, 0.2) is 6.29 Å². The van der Waals surface area contributed by atoms with Crippen LogP contribution >= 0.6 is 11.8 Å². The lowest BCUT2D eigenvalue weighted by atomic mass is 10.1. The summed E-state index contributed by atoms with van der Waals surface area (Å²) in [4.78, 5) is 37.4. The van der Waals surface area contributed by atoms with Gasteiger partial charge in [-0.25, -0.2) is 4.98 Å². The molecule has 0 radical (unpaired) electrons. The quantitative estimate of drug-likeness (QED) is 0.676. The maximum absolute atomic E-state index is 11.5. The van der Waals surface area contributed by atoms with Crippen LogP contribution < -0.4 is 5.32 Å². The number of aldehydes is 1. The summed E-state index contributed by atoms with van der Waals surface area (Å²) in [7, 11) is 0. The molecule has 1 aromatic heterocycles. The molecule has 1 aliphatic rings. The van der Waals surface area contributed by atoms with E-state index in [1.807, 2.05) is 6.07 Å². The molecule has 0 saturated carbocycles. The van der Waals surface area contributed by atoms with E-state index in [0.717, 1.165) is 10.9 Å². The fourth-order valence-corrected chi connectivity index (χ4v) is 2.45. The van der Waals surface area contributed by atoms with Crippen molar-refractivity contribution in [3.63, 3.8) is 0 Å². The van der Waals surface area contributed by atoms with Gasteiger partial charge in [0.25, 0.3) is 5.24 Å². The van der Waals surface area contributed by atoms with E-state index in [1.54, 1.807) is 30.3 Å². The van der Waals surface area contributed by atoms with Gasteiger partial charge >= 0.3 is 0 Å². The zero-order valence-corrected chi connectivity index (χ0v) is 10.9. The van der Waals surface area contributed by atoms with E-state index in [9.17, 15) is 14.4 Å². The monoisotopic (exact) mass is 284 g/mol. The average Bonchev–Trinajstić information content (AvgIpc) is 2.76. The zero-order chi connectivity index (χ0) is 14.1. The van der Waals surface area contributed by atoms with E-state index < -0.39 is 0 Å². The van der Waals surface area contributed by atoms with Crippen LogP contribution in [0.3, 0.4) is 0 Å². The number of thioether (sulfide) groups is 1. The number of nitrogens with one attached hydrogen (secondary N) is 1. The summed E-state index contributed by atoms with van der Waals surface area (Å²) in [5.74, 6) is 0. The Labute approximate surface area is 118 Å². The third kappa shape index (κ3) is 2.33. The van der Waals surface area contributed by atoms with Crippen LogP contribution in [0.15, 0.2) is 36.0 Å². The van der Waals surface area contributed by atoms with Crippen LogP contribution in [-0.4, -0.2) is 21.6 Å². The Morgan fingerprint density at radius 2 is 2.00 bits per heavy atom. The molecule has 0 spiro atoms. The summed E-state index contributed by atoms with van der Waals surface area (Å²) in [5.41, 5.74) is 2.13. The number of carbonyl (C=O) groups excluding carboxylic acids is 3. The lowest BCUT2D eigenvalue weighted by molar-refractivity contribution is -0.107. The molecule has 1 saturated heterocycles. The van der Waals surface area contributed by atoms with Crippen molar-refractivity contribution in [3.8, 4) is 0 Å². The van der Waals surface area contributed by atoms with E-state index in [1.165, 1.54) is 0 Å². The molecule has 1 fully saturated rings. The minimum atomic E-state index is -0.362. The summed E-state index contributed by atoms with van der Waals surface area (Å²) in [5, 5.41) is 2.70. The van der Waals surface area contributed by atoms with Gasteiger partial charge in [0, 0.05) is 17.1 Å². The predicted octanol–water partition coefficient (Wildman–Crippen LogP) is 2.37. The second-order valence-corrected chi connectivity index (χ2v) is 5.11. The second kappa shape index (κ2) is 4.90. The highest BCUT2D eigenvalue weighted by molar-refractivity contribution is 8.27. The first-order chi connectivity index (χ1) is 9.65. The molecule has 0 unspecified atom stereocenters. The molecule has 6 heteroatoms. The minimum absolute atomic E-state index is 0.275. The molecule has 1 aromatic carbocycles. The first-order valence-electron chi connectivity index (χ1n) is 5.76. The number of aromatic nitrogens is 1. The van der Waals surface area contributed by atoms with Gasteiger partial charge in [0.2, 0.25) is 5.12 Å². The van der Waals surface area contributed by atoms with Crippen molar-refractivity contribution in [2.75, 3.05) is 0 Å². The molecule has 2 aromatic rings. The van der Waals surface area contributed by atoms with Crippen LogP contribution in [0.1, 0.15) is 16.1 Å². The normalized spacial score (nSPS) is 16.7. The number of hydrogen-bond acceptors (Lipinski definition) is 5. The van der Waals surface area contributed by atoms with E-state index in [-0.39, 0.29) is 16.1 Å². The third-order valence-corrected chi connectivity index (χ3v) is 3.50. The van der Waals surface area contributed by atoms with Gasteiger partial charge in [-0.2, -0.15) is 0 Å². The standard InChI is InChI=1S/C14H8N2O3S/c17-7-10-3-2-9-5-8(1-4-11(9)15-10)6-12-13(18)20-14(19)16-12/h1-7H,(H,16,19). The van der Waals surface area contributed by atoms with Crippen molar-refractivity contribution < 1.29 is 14.4 Å². The fourth-order valence-electron chi connectivity index (χ4n) is 1.90. The smallest absolute Gasteiger partial charge is 0.291 e. The Hall–Kier alpha value is -2.47. The molecule has 5 nitrogen and oxygen atoms in total. The molecule has 98 valence electrons. The van der Waals surface area contributed by atoms with Crippen molar-refractivity contribution in [2.24, 2.45) is 0 Å². The first-order valence-corrected chi connectivity index (χ1v) is 6.58. The second-order valence-electron chi connectivity index (χ2n) is 4.17. The zero-order valence-electron chi connectivity index (χ0n) is 10.1. The molecular formula is C14H8N2O3S. The van der Waals surface area contributed by atoms with Crippen LogP contribution in [0.4, 0.5) is 4.79 Å². The number of benzene rings is 1. The number of rotatable bonds is 2. The largest absolute Gasteiger partial charge is 0.313 e. The molecular weight excluding hydrogens is 276 g/mol. The number of carbonyl (C=O) groups is 3. The van der Waals surface area contributed by atoms with E-state index in [4.69, 9.17) is 0 Å². The molecule has 1 N–H and O–H groups in total. The van der Waals surface area contributed by atoms with Gasteiger partial charge < -0.3 is 5.32 Å². The molecule has 1 aliphatic heterocycles. The lowest BCUT2D eigenvalue weighted by Crippen LogP contribution is -2.10. The maximum atomic E-state index is 11.5. The number of fused-ring (bicyclic) bond motifs is 1. The van der Waals surface area contributed by atoms with Crippen LogP contribution in [0.5, 0.6) is 0 Å². The summed E-state index contributed by atoms with van der Waals surface area (Å²) in [6, 6.07) is 8.80. The van der Waals surface area contributed by atoms with Gasteiger partial charge in [-0.3, -0.25) is 14.4 Å². The highest BCUT2D eigenvalue weighted by Crippen LogP contribution is 2.22. The van der Waals surface area contributed by atoms with Crippen molar-refractivity contribution in [1.29, 1.82) is 0 Å². The summed E-state index contributed by atoms with van der Waals surface area (Å²) in [6.07, 6.45) is 2.31. The van der Waals surface area contributed by atoms with E-state index >= 15 is 0 Å². The number of amides is 1. The van der Waals surface area contributed by atoms with Crippen LogP contribution in [-0.2, 0) is 4.79 Å². The van der Waals surface area contributed by atoms with Gasteiger partial charge in [0.05, 0.1) is 11.2 Å². The molecule has 1 amide bonds. The predicted molar refractivity (Wildman–Crippen MR) is 76.2 cm³/mol. The summed E-state index contributed by atoms with van der Waals surface area (Å²) < 4.78 is 0. The number of pyridine rings is 1. The molecule has 2 heterocycles. The number of hydrogen-bond donors (Lipinski definition) is 1. The molecule has 0 atom stereocenters. The Bertz CT molecular complexity index is 783. The van der Waals surface area contributed by atoms with Crippen molar-refractivity contribution >= 4 is 45.4 Å². The van der Waals surface area contributed by atoms with E-state index in [2.05, 4.69) is 10.3 Å². The summed E-state index contributed by atoms with van der Waals surface area (Å²) in [6.45, 7) is 0. The highest BCUT2D eigenvalue weighted by atomic mass is 32.2. The SMILES string of the molecule is O=Cc1ccc2cc(C=C3NC(=O)SC3=O)ccc2n1. The van der Waals surface area contributed by atoms with Crippen LogP contribution in [0.25, 0.3) is 17.0 Å². The lowest BCUT2D eigenvalue weighted by Gasteiger charge is -2.01. The highest BCUT2D eigenvalue weighted by Gasteiger charge is 2.25. The van der Waals surface area contributed by atoms with Crippen molar-refractivity contribution in [2.45, 2.75) is 0 Å². The Morgan fingerprint density at radius 3 is 2.70 bits per heavy atom. The van der Waals surface area contributed by atoms with Crippen LogP contribution in [0.2, 0.25) is 0 Å². The molecule has 3 rings (SSSR count). The van der Waals surface area contributed by atoms with Gasteiger partial charge in [-0.05, 0) is 29.8 Å². The Morgan fingerprint density at radius 1 is 1.15 bits per heavy atom. The van der Waals surface area contributed by atoms with Crippen molar-refractivity contribution in [3.05, 3.63) is 47.3 Å².